The molecule has 0 fully saturated rings. The quantitative estimate of drug-likeness (QED) is 0.516. The van der Waals surface area contributed by atoms with Crippen molar-refractivity contribution < 1.29 is 9.90 Å². The van der Waals surface area contributed by atoms with Gasteiger partial charge in [-0.05, 0) is 0 Å². The number of carboxylic acids is 1. The molecule has 0 saturated heterocycles. The van der Waals surface area contributed by atoms with Gasteiger partial charge in [0.15, 0.2) is 0 Å². The van der Waals surface area contributed by atoms with E-state index in [4.69, 9.17) is 5.11 Å². The second kappa shape index (κ2) is 5.25. The Morgan fingerprint density at radius 1 is 1.57 bits per heavy atom. The molecule has 2 nitrogen and oxygen atoms in total. The molecule has 1 radical (unpaired) electrons. The van der Waals surface area contributed by atoms with Gasteiger partial charge in [-0.2, -0.15) is 0 Å². The van der Waals surface area contributed by atoms with Crippen LogP contribution in [0.1, 0.15) is 13.8 Å². The fraction of sp³-hybridized carbons (Fsp3) is 0.750. The number of hydrogen-bond acceptors (Lipinski definition) is 1. The molecule has 7 heavy (non-hydrogen) atoms. The molecule has 0 aliphatic heterocycles. The maximum atomic E-state index is 9.70. The van der Waals surface area contributed by atoms with Crippen molar-refractivity contribution in [1.29, 1.82) is 0 Å². The Kier molecular flexibility index (Phi) is 8.23. The molecule has 0 aromatic carbocycles. The number of carbonyl (C=O) groups is 1. The molecular weight excluding hydrogens is 119 g/mol. The zero-order valence-electron chi connectivity index (χ0n) is 4.93. The molecule has 0 aromatic heterocycles. The minimum Gasteiger partial charge on any atom is -0.481 e. The molecule has 0 atom stereocenters. The van der Waals surface area contributed by atoms with Crippen LogP contribution in [0.15, 0.2) is 0 Å². The Labute approximate surface area is 85.7 Å². The second-order valence-electron chi connectivity index (χ2n) is 1.49. The van der Waals surface area contributed by atoms with E-state index >= 15 is 0 Å². The number of hydrogen-bond donors (Lipinski definition) is 1. The first-order valence-corrected chi connectivity index (χ1v) is 1.87. The molecule has 0 spiro atoms. The molecule has 0 aliphatic rings. The average Bonchev–Trinajstić information content (AvgIpc) is 1.36. The second-order valence-corrected chi connectivity index (χ2v) is 1.49. The molecule has 1 N–H and O–H groups in total. The number of rotatable bonds is 1. The van der Waals surface area contributed by atoms with Crippen LogP contribution in [0.4, 0.5) is 0 Å². The van der Waals surface area contributed by atoms with Crippen LogP contribution in [0.3, 0.4) is 0 Å². The van der Waals surface area contributed by atoms with Gasteiger partial charge in [0.25, 0.3) is 0 Å². The van der Waals surface area contributed by atoms with Crippen LogP contribution < -0.4 is 0 Å². The Bertz CT molecular complexity index is 60.7. The van der Waals surface area contributed by atoms with Crippen LogP contribution in [0.2, 0.25) is 0 Å². The van der Waals surface area contributed by atoms with Crippen LogP contribution in [0.25, 0.3) is 0 Å². The van der Waals surface area contributed by atoms with E-state index in [0.29, 0.717) is 0 Å². The summed E-state index contributed by atoms with van der Waals surface area (Å²) >= 11 is 0. The minimum atomic E-state index is -0.741. The summed E-state index contributed by atoms with van der Waals surface area (Å²) in [6, 6.07) is 0. The van der Waals surface area contributed by atoms with Crippen LogP contribution in [-0.4, -0.2) is 62.5 Å². The molecule has 3 heteroatoms. The van der Waals surface area contributed by atoms with Gasteiger partial charge >= 0.3 is 5.97 Å². The summed E-state index contributed by atoms with van der Waals surface area (Å²) in [5, 5.41) is 7.99. The van der Waals surface area contributed by atoms with Gasteiger partial charge in [0.2, 0.25) is 0 Å². The predicted octanol–water partition coefficient (Wildman–Crippen LogP) is 0.346. The van der Waals surface area contributed by atoms with E-state index in [1.807, 2.05) is 0 Å². The Balaban J connectivity index is 0. The first-order valence-electron chi connectivity index (χ1n) is 1.87. The van der Waals surface area contributed by atoms with Crippen molar-refractivity contribution >= 4 is 57.4 Å². The normalized spacial score (nSPS) is 7.86. The number of aliphatic carboxylic acids is 1. The van der Waals surface area contributed by atoms with Gasteiger partial charge in [0, 0.05) is 51.4 Å². The van der Waals surface area contributed by atoms with Crippen molar-refractivity contribution in [1.82, 2.24) is 0 Å². The molecule has 37 valence electrons. The standard InChI is InChI=1S/C4H8O2.K/c1-3(2)4(5)6;/h3H,1-2H3,(H,5,6);. The van der Waals surface area contributed by atoms with E-state index in [9.17, 15) is 4.79 Å². The van der Waals surface area contributed by atoms with Crippen molar-refractivity contribution in [3.63, 3.8) is 0 Å². The van der Waals surface area contributed by atoms with Crippen molar-refractivity contribution in [2.24, 2.45) is 5.92 Å². The summed E-state index contributed by atoms with van der Waals surface area (Å²) in [6.07, 6.45) is 0. The SMILES string of the molecule is CC(C)C(=O)O.[K]. The monoisotopic (exact) mass is 127 g/mol. The summed E-state index contributed by atoms with van der Waals surface area (Å²) in [6.45, 7) is 3.28. The maximum absolute atomic E-state index is 9.70. The van der Waals surface area contributed by atoms with Gasteiger partial charge in [0.1, 0.15) is 0 Å². The van der Waals surface area contributed by atoms with Crippen molar-refractivity contribution in [3.05, 3.63) is 0 Å². The van der Waals surface area contributed by atoms with Gasteiger partial charge in [-0.15, -0.1) is 0 Å². The summed E-state index contributed by atoms with van der Waals surface area (Å²) in [5.74, 6) is -0.972. The Morgan fingerprint density at radius 3 is 1.71 bits per heavy atom. The van der Waals surface area contributed by atoms with Crippen LogP contribution in [0.5, 0.6) is 0 Å². The van der Waals surface area contributed by atoms with E-state index in [0.717, 1.165) is 0 Å². The molecule has 0 bridgehead atoms. The first kappa shape index (κ1) is 11.0. The minimum absolute atomic E-state index is 0. The van der Waals surface area contributed by atoms with Gasteiger partial charge in [-0.1, -0.05) is 13.8 Å². The van der Waals surface area contributed by atoms with Crippen LogP contribution >= 0.6 is 0 Å². The van der Waals surface area contributed by atoms with E-state index in [2.05, 4.69) is 0 Å². The van der Waals surface area contributed by atoms with E-state index < -0.39 is 5.97 Å². The maximum Gasteiger partial charge on any atom is 0.305 e. The molecule has 0 aromatic rings. The number of carboxylic acid groups (broad SMARTS) is 1. The first-order chi connectivity index (χ1) is 2.64. The van der Waals surface area contributed by atoms with Crippen LogP contribution in [-0.2, 0) is 4.79 Å². The van der Waals surface area contributed by atoms with E-state index in [1.54, 1.807) is 13.8 Å². The smallest absolute Gasteiger partial charge is 0.305 e. The van der Waals surface area contributed by atoms with Gasteiger partial charge in [0.05, 0.1) is 5.92 Å². The molecule has 0 heterocycles. The van der Waals surface area contributed by atoms with Crippen LogP contribution in [0, 0.1) is 5.92 Å². The van der Waals surface area contributed by atoms with Crippen molar-refractivity contribution in [3.8, 4) is 0 Å². The summed E-state index contributed by atoms with van der Waals surface area (Å²) in [4.78, 5) is 9.70. The molecule has 0 aliphatic carbocycles. The third-order valence-corrected chi connectivity index (χ3v) is 0.494. The van der Waals surface area contributed by atoms with Gasteiger partial charge in [-0.25, -0.2) is 0 Å². The molecular formula is C4H8KO2. The fourth-order valence-electron chi connectivity index (χ4n) is 0. The molecule has 0 unspecified atom stereocenters. The fourth-order valence-corrected chi connectivity index (χ4v) is 0. The van der Waals surface area contributed by atoms with Crippen molar-refractivity contribution in [2.75, 3.05) is 0 Å². The summed E-state index contributed by atoms with van der Waals surface area (Å²) in [5.41, 5.74) is 0. The molecule has 0 amide bonds. The van der Waals surface area contributed by atoms with Crippen molar-refractivity contribution in [2.45, 2.75) is 13.8 Å². The largest absolute Gasteiger partial charge is 0.481 e. The summed E-state index contributed by atoms with van der Waals surface area (Å²) in [7, 11) is 0. The van der Waals surface area contributed by atoms with Gasteiger partial charge in [-0.3, -0.25) is 4.79 Å². The average molecular weight is 127 g/mol. The Hall–Kier alpha value is 1.11. The van der Waals surface area contributed by atoms with E-state index in [1.165, 1.54) is 0 Å². The van der Waals surface area contributed by atoms with E-state index in [-0.39, 0.29) is 57.3 Å². The topological polar surface area (TPSA) is 37.3 Å². The third-order valence-electron chi connectivity index (χ3n) is 0.494. The molecule has 0 saturated carbocycles. The Morgan fingerprint density at radius 2 is 1.71 bits per heavy atom. The van der Waals surface area contributed by atoms with Gasteiger partial charge < -0.3 is 5.11 Å². The predicted molar refractivity (Wildman–Crippen MR) is 28.2 cm³/mol. The zero-order chi connectivity index (χ0) is 5.15. The summed E-state index contributed by atoms with van der Waals surface area (Å²) < 4.78 is 0. The molecule has 0 rings (SSSR count). The zero-order valence-corrected chi connectivity index (χ0v) is 8.06. The third kappa shape index (κ3) is 7.11.